The summed E-state index contributed by atoms with van der Waals surface area (Å²) in [6, 6.07) is 6.24. The molecule has 0 aromatic heterocycles. The van der Waals surface area contributed by atoms with Crippen LogP contribution in [-0.2, 0) is 6.18 Å². The molecule has 2 nitrogen and oxygen atoms in total. The van der Waals surface area contributed by atoms with Gasteiger partial charge >= 0.3 is 6.18 Å². The number of rotatable bonds is 3. The second-order valence-electron chi connectivity index (χ2n) is 6.05. The van der Waals surface area contributed by atoms with E-state index in [1.54, 1.807) is 12.1 Å². The third kappa shape index (κ3) is 3.98. The van der Waals surface area contributed by atoms with Gasteiger partial charge in [0.1, 0.15) is 0 Å². The second-order valence-corrected chi connectivity index (χ2v) is 6.05. The minimum absolute atomic E-state index is 0.148. The van der Waals surface area contributed by atoms with Gasteiger partial charge in [0.05, 0.1) is 5.56 Å². The Bertz CT molecular complexity index is 454. The number of alkyl halides is 3. The molecule has 0 amide bonds. The topological polar surface area (TPSA) is 6.48 Å². The third-order valence-corrected chi connectivity index (χ3v) is 4.43. The van der Waals surface area contributed by atoms with Crippen molar-refractivity contribution >= 4 is 0 Å². The summed E-state index contributed by atoms with van der Waals surface area (Å²) < 4.78 is 37.8. The lowest BCUT2D eigenvalue weighted by molar-refractivity contribution is -0.137. The standard InChI is InChI=1S/C16H23F3N2/c1-12(21-10-4-5-15(11-21)20(2)3)13-6-8-14(9-7-13)16(17,18)19/h6-9,12,15H,4-5,10-11H2,1-3H3. The fourth-order valence-electron chi connectivity index (χ4n) is 2.92. The van der Waals surface area contributed by atoms with Crippen molar-refractivity contribution in [2.75, 3.05) is 27.2 Å². The Labute approximate surface area is 124 Å². The van der Waals surface area contributed by atoms with E-state index in [2.05, 4.69) is 30.8 Å². The number of hydrogen-bond donors (Lipinski definition) is 0. The van der Waals surface area contributed by atoms with Crippen LogP contribution in [0.1, 0.15) is 36.9 Å². The highest BCUT2D eigenvalue weighted by atomic mass is 19.4. The van der Waals surface area contributed by atoms with Gasteiger partial charge in [0.15, 0.2) is 0 Å². The Morgan fingerprint density at radius 3 is 2.33 bits per heavy atom. The SMILES string of the molecule is CC(c1ccc(C(F)(F)F)cc1)N1CCCC(N(C)C)C1. The molecule has 1 aliphatic heterocycles. The van der Waals surface area contributed by atoms with Crippen molar-refractivity contribution in [1.82, 2.24) is 9.80 Å². The van der Waals surface area contributed by atoms with Gasteiger partial charge in [0.2, 0.25) is 0 Å². The summed E-state index contributed by atoms with van der Waals surface area (Å²) in [5.41, 5.74) is 0.366. The Morgan fingerprint density at radius 1 is 1.19 bits per heavy atom. The number of hydrogen-bond acceptors (Lipinski definition) is 2. The average molecular weight is 300 g/mol. The van der Waals surface area contributed by atoms with E-state index in [1.165, 1.54) is 18.6 Å². The Morgan fingerprint density at radius 2 is 1.81 bits per heavy atom. The quantitative estimate of drug-likeness (QED) is 0.838. The van der Waals surface area contributed by atoms with Gasteiger partial charge in [-0.15, -0.1) is 0 Å². The highest BCUT2D eigenvalue weighted by Gasteiger charge is 2.31. The van der Waals surface area contributed by atoms with Gasteiger partial charge in [-0.1, -0.05) is 12.1 Å². The van der Waals surface area contributed by atoms with Gasteiger partial charge in [-0.25, -0.2) is 0 Å². The summed E-state index contributed by atoms with van der Waals surface area (Å²) in [5.74, 6) is 0. The maximum Gasteiger partial charge on any atom is 0.416 e. The molecule has 1 saturated heterocycles. The van der Waals surface area contributed by atoms with Gasteiger partial charge in [0.25, 0.3) is 0 Å². The van der Waals surface area contributed by atoms with Crippen LogP contribution in [0.25, 0.3) is 0 Å². The number of piperidine rings is 1. The second kappa shape index (κ2) is 6.36. The van der Waals surface area contributed by atoms with Crippen molar-refractivity contribution in [3.63, 3.8) is 0 Å². The van der Waals surface area contributed by atoms with Gasteiger partial charge in [0, 0.05) is 18.6 Å². The summed E-state index contributed by atoms with van der Waals surface area (Å²) in [7, 11) is 4.16. The van der Waals surface area contributed by atoms with Crippen LogP contribution >= 0.6 is 0 Å². The van der Waals surface area contributed by atoms with Crippen LogP contribution in [0.15, 0.2) is 24.3 Å². The first-order valence-electron chi connectivity index (χ1n) is 7.36. The van der Waals surface area contributed by atoms with E-state index in [-0.39, 0.29) is 6.04 Å². The molecule has 0 radical (unpaired) electrons. The van der Waals surface area contributed by atoms with Crippen molar-refractivity contribution in [1.29, 1.82) is 0 Å². The first-order chi connectivity index (χ1) is 9.79. The van der Waals surface area contributed by atoms with E-state index >= 15 is 0 Å². The van der Waals surface area contributed by atoms with Crippen molar-refractivity contribution in [3.8, 4) is 0 Å². The average Bonchev–Trinajstić information content (AvgIpc) is 2.46. The minimum Gasteiger partial charge on any atom is -0.305 e. The lowest BCUT2D eigenvalue weighted by atomic mass is 9.99. The maximum atomic E-state index is 12.6. The van der Waals surface area contributed by atoms with Crippen molar-refractivity contribution in [2.45, 2.75) is 38.0 Å². The molecule has 1 aromatic carbocycles. The molecule has 1 fully saturated rings. The fraction of sp³-hybridized carbons (Fsp3) is 0.625. The van der Waals surface area contributed by atoms with E-state index < -0.39 is 11.7 Å². The molecule has 2 rings (SSSR count). The van der Waals surface area contributed by atoms with Gasteiger partial charge in [-0.3, -0.25) is 4.90 Å². The summed E-state index contributed by atoms with van der Waals surface area (Å²) in [6.07, 6.45) is -1.94. The van der Waals surface area contributed by atoms with Crippen LogP contribution in [0, 0.1) is 0 Å². The Hall–Kier alpha value is -1.07. The molecular weight excluding hydrogens is 277 g/mol. The largest absolute Gasteiger partial charge is 0.416 e. The van der Waals surface area contributed by atoms with Crippen molar-refractivity contribution in [3.05, 3.63) is 35.4 Å². The van der Waals surface area contributed by atoms with E-state index in [0.717, 1.165) is 25.1 Å². The van der Waals surface area contributed by atoms with Crippen LogP contribution < -0.4 is 0 Å². The minimum atomic E-state index is -4.26. The predicted molar refractivity (Wildman–Crippen MR) is 78.1 cm³/mol. The summed E-state index contributed by atoms with van der Waals surface area (Å²) in [6.45, 7) is 4.04. The molecule has 0 bridgehead atoms. The zero-order valence-corrected chi connectivity index (χ0v) is 12.8. The fourth-order valence-corrected chi connectivity index (χ4v) is 2.92. The van der Waals surface area contributed by atoms with Gasteiger partial charge in [-0.05, 0) is 58.1 Å². The smallest absolute Gasteiger partial charge is 0.305 e. The number of nitrogens with zero attached hydrogens (tertiary/aromatic N) is 2. The predicted octanol–water partition coefficient (Wildman–Crippen LogP) is 3.79. The highest BCUT2D eigenvalue weighted by Crippen LogP contribution is 2.31. The molecule has 0 N–H and O–H groups in total. The Balaban J connectivity index is 2.07. The normalized spacial score (nSPS) is 22.5. The van der Waals surface area contributed by atoms with Crippen LogP contribution in [0.5, 0.6) is 0 Å². The molecule has 5 heteroatoms. The van der Waals surface area contributed by atoms with E-state index in [4.69, 9.17) is 0 Å². The molecule has 1 aromatic rings. The summed E-state index contributed by atoms with van der Waals surface area (Å²) in [4.78, 5) is 4.59. The molecular formula is C16H23F3N2. The molecule has 2 atom stereocenters. The molecule has 118 valence electrons. The van der Waals surface area contributed by atoms with Crippen LogP contribution in [0.3, 0.4) is 0 Å². The van der Waals surface area contributed by atoms with Crippen LogP contribution in [0.2, 0.25) is 0 Å². The number of likely N-dealkylation sites (N-methyl/N-ethyl adjacent to an activating group) is 1. The molecule has 1 heterocycles. The first kappa shape index (κ1) is 16.3. The maximum absolute atomic E-state index is 12.6. The zero-order chi connectivity index (χ0) is 15.6. The van der Waals surface area contributed by atoms with Gasteiger partial charge in [-0.2, -0.15) is 13.2 Å². The van der Waals surface area contributed by atoms with Crippen molar-refractivity contribution < 1.29 is 13.2 Å². The zero-order valence-electron chi connectivity index (χ0n) is 12.8. The molecule has 0 saturated carbocycles. The van der Waals surface area contributed by atoms with Gasteiger partial charge < -0.3 is 4.90 Å². The van der Waals surface area contributed by atoms with E-state index in [9.17, 15) is 13.2 Å². The van der Waals surface area contributed by atoms with E-state index in [0.29, 0.717) is 6.04 Å². The molecule has 1 aliphatic rings. The lowest BCUT2D eigenvalue weighted by Crippen LogP contribution is -2.45. The van der Waals surface area contributed by atoms with Crippen LogP contribution in [-0.4, -0.2) is 43.0 Å². The monoisotopic (exact) mass is 300 g/mol. The van der Waals surface area contributed by atoms with Crippen molar-refractivity contribution in [2.24, 2.45) is 0 Å². The summed E-state index contributed by atoms with van der Waals surface area (Å²) in [5, 5.41) is 0. The lowest BCUT2D eigenvalue weighted by Gasteiger charge is -2.39. The molecule has 0 spiro atoms. The molecule has 0 aliphatic carbocycles. The third-order valence-electron chi connectivity index (χ3n) is 4.43. The molecule has 2 unspecified atom stereocenters. The molecule has 21 heavy (non-hydrogen) atoms. The number of likely N-dealkylation sites (tertiary alicyclic amines) is 1. The summed E-state index contributed by atoms with van der Waals surface area (Å²) >= 11 is 0. The number of benzene rings is 1. The number of halogens is 3. The highest BCUT2D eigenvalue weighted by molar-refractivity contribution is 5.26. The first-order valence-corrected chi connectivity index (χ1v) is 7.36. The van der Waals surface area contributed by atoms with E-state index in [1.807, 2.05) is 0 Å². The Kier molecular flexibility index (Phi) is 4.94. The van der Waals surface area contributed by atoms with Crippen LogP contribution in [0.4, 0.5) is 13.2 Å².